The number of hydrogen-bond donors (Lipinski definition) is 2. The third kappa shape index (κ3) is 4.05. The van der Waals surface area contributed by atoms with Crippen molar-refractivity contribution in [2.24, 2.45) is 5.92 Å². The lowest BCUT2D eigenvalue weighted by atomic mass is 10.1. The van der Waals surface area contributed by atoms with Crippen molar-refractivity contribution in [1.82, 2.24) is 10.6 Å². The molecule has 1 aliphatic rings. The predicted octanol–water partition coefficient (Wildman–Crippen LogP) is 0.292. The minimum Gasteiger partial charge on any atom is -0.355 e. The number of nitrogens with one attached hydrogen (secondary N) is 2. The summed E-state index contributed by atoms with van der Waals surface area (Å²) < 4.78 is 0. The van der Waals surface area contributed by atoms with E-state index in [1.807, 2.05) is 30.3 Å². The normalized spacial score (nSPS) is 17.7. The first-order valence-corrected chi connectivity index (χ1v) is 6.95. The Bertz CT molecular complexity index is 530. The second kappa shape index (κ2) is 6.88. The van der Waals surface area contributed by atoms with Crippen molar-refractivity contribution < 1.29 is 14.4 Å². The number of benzene rings is 1. The van der Waals surface area contributed by atoms with Crippen LogP contribution in [0.15, 0.2) is 30.3 Å². The van der Waals surface area contributed by atoms with Crippen LogP contribution in [-0.2, 0) is 14.4 Å². The number of anilines is 1. The molecule has 0 bridgehead atoms. The summed E-state index contributed by atoms with van der Waals surface area (Å²) in [6, 6.07) is 9.33. The summed E-state index contributed by atoms with van der Waals surface area (Å²) in [6.45, 7) is 2.59. The van der Waals surface area contributed by atoms with E-state index in [-0.39, 0.29) is 30.1 Å². The van der Waals surface area contributed by atoms with Gasteiger partial charge in [0.15, 0.2) is 0 Å². The van der Waals surface area contributed by atoms with Crippen molar-refractivity contribution in [3.63, 3.8) is 0 Å². The number of hydrogen-bond acceptors (Lipinski definition) is 3. The van der Waals surface area contributed by atoms with E-state index in [0.717, 1.165) is 5.69 Å². The van der Waals surface area contributed by atoms with Crippen LogP contribution in [0, 0.1) is 5.92 Å². The van der Waals surface area contributed by atoms with Gasteiger partial charge >= 0.3 is 0 Å². The number of nitrogens with zero attached hydrogens (tertiary/aromatic N) is 1. The Labute approximate surface area is 123 Å². The molecular weight excluding hydrogens is 270 g/mol. The molecular formula is C15H19N3O3. The Morgan fingerprint density at radius 2 is 1.86 bits per heavy atom. The van der Waals surface area contributed by atoms with Gasteiger partial charge in [0.25, 0.3) is 0 Å². The largest absolute Gasteiger partial charge is 0.355 e. The lowest BCUT2D eigenvalue weighted by molar-refractivity contribution is -0.126. The Balaban J connectivity index is 1.84. The van der Waals surface area contributed by atoms with Crippen molar-refractivity contribution in [3.8, 4) is 0 Å². The topological polar surface area (TPSA) is 78.5 Å². The summed E-state index contributed by atoms with van der Waals surface area (Å²) >= 11 is 0. The second-order valence-electron chi connectivity index (χ2n) is 5.01. The van der Waals surface area contributed by atoms with Gasteiger partial charge in [-0.25, -0.2) is 0 Å². The van der Waals surface area contributed by atoms with Crippen LogP contribution in [0.5, 0.6) is 0 Å². The minimum absolute atomic E-state index is 0.0387. The molecule has 1 fully saturated rings. The van der Waals surface area contributed by atoms with Gasteiger partial charge in [0.05, 0.1) is 5.92 Å². The Hall–Kier alpha value is -2.37. The first-order chi connectivity index (χ1) is 10.1. The van der Waals surface area contributed by atoms with Crippen molar-refractivity contribution in [1.29, 1.82) is 0 Å². The number of amides is 3. The van der Waals surface area contributed by atoms with Crippen LogP contribution in [0.1, 0.15) is 13.3 Å². The molecule has 112 valence electrons. The maximum atomic E-state index is 12.0. The van der Waals surface area contributed by atoms with E-state index in [4.69, 9.17) is 0 Å². The van der Waals surface area contributed by atoms with Gasteiger partial charge in [-0.2, -0.15) is 0 Å². The standard InChI is InChI=1S/C15H19N3O3/c1-11(19)16-7-8-17-15(21)12-9-14(20)18(10-12)13-5-3-2-4-6-13/h2-6,12H,7-10H2,1H3,(H,16,19)(H,17,21). The third-order valence-corrected chi connectivity index (χ3v) is 3.36. The monoisotopic (exact) mass is 289 g/mol. The minimum atomic E-state index is -0.338. The van der Waals surface area contributed by atoms with Crippen LogP contribution >= 0.6 is 0 Å². The first-order valence-electron chi connectivity index (χ1n) is 6.95. The molecule has 2 N–H and O–H groups in total. The molecule has 0 spiro atoms. The highest BCUT2D eigenvalue weighted by atomic mass is 16.2. The van der Waals surface area contributed by atoms with Crippen LogP contribution in [0.2, 0.25) is 0 Å². The maximum absolute atomic E-state index is 12.0. The number of carbonyl (C=O) groups is 3. The summed E-state index contributed by atoms with van der Waals surface area (Å²) in [7, 11) is 0. The zero-order valence-corrected chi connectivity index (χ0v) is 12.0. The van der Waals surface area contributed by atoms with Crippen LogP contribution in [0.3, 0.4) is 0 Å². The Morgan fingerprint density at radius 1 is 1.19 bits per heavy atom. The molecule has 3 amide bonds. The van der Waals surface area contributed by atoms with E-state index in [0.29, 0.717) is 19.6 Å². The predicted molar refractivity (Wildman–Crippen MR) is 78.6 cm³/mol. The fraction of sp³-hybridized carbons (Fsp3) is 0.400. The zero-order chi connectivity index (χ0) is 15.2. The van der Waals surface area contributed by atoms with Gasteiger partial charge in [-0.05, 0) is 12.1 Å². The average molecular weight is 289 g/mol. The molecule has 6 heteroatoms. The third-order valence-electron chi connectivity index (χ3n) is 3.36. The Morgan fingerprint density at radius 3 is 2.52 bits per heavy atom. The van der Waals surface area contributed by atoms with Gasteiger partial charge in [0.1, 0.15) is 0 Å². The molecule has 6 nitrogen and oxygen atoms in total. The summed E-state index contributed by atoms with van der Waals surface area (Å²) in [5, 5.41) is 5.34. The van der Waals surface area contributed by atoms with Crippen LogP contribution in [0.25, 0.3) is 0 Å². The molecule has 1 unspecified atom stereocenters. The van der Waals surface area contributed by atoms with E-state index < -0.39 is 0 Å². The smallest absolute Gasteiger partial charge is 0.227 e. The summed E-state index contributed by atoms with van der Waals surface area (Å²) in [6.07, 6.45) is 0.223. The number of para-hydroxylation sites is 1. The number of rotatable bonds is 5. The second-order valence-corrected chi connectivity index (χ2v) is 5.01. The molecule has 1 saturated heterocycles. The molecule has 1 aromatic carbocycles. The van der Waals surface area contributed by atoms with E-state index in [1.165, 1.54) is 6.92 Å². The van der Waals surface area contributed by atoms with E-state index in [9.17, 15) is 14.4 Å². The zero-order valence-electron chi connectivity index (χ0n) is 12.0. The van der Waals surface area contributed by atoms with E-state index in [1.54, 1.807) is 4.90 Å². The lowest BCUT2D eigenvalue weighted by Gasteiger charge is -2.16. The van der Waals surface area contributed by atoms with Crippen molar-refractivity contribution in [2.45, 2.75) is 13.3 Å². The van der Waals surface area contributed by atoms with E-state index in [2.05, 4.69) is 10.6 Å². The Kier molecular flexibility index (Phi) is 4.92. The SMILES string of the molecule is CC(=O)NCCNC(=O)C1CC(=O)N(c2ccccc2)C1. The highest BCUT2D eigenvalue weighted by molar-refractivity contribution is 6.00. The molecule has 0 saturated carbocycles. The highest BCUT2D eigenvalue weighted by Crippen LogP contribution is 2.24. The van der Waals surface area contributed by atoms with Gasteiger partial charge in [-0.3, -0.25) is 14.4 Å². The van der Waals surface area contributed by atoms with E-state index >= 15 is 0 Å². The molecule has 1 atom stereocenters. The fourth-order valence-electron chi connectivity index (χ4n) is 2.31. The summed E-state index contributed by atoms with van der Waals surface area (Å²) in [4.78, 5) is 36.4. The summed E-state index contributed by atoms with van der Waals surface area (Å²) in [5.41, 5.74) is 0.816. The molecule has 21 heavy (non-hydrogen) atoms. The molecule has 1 aliphatic heterocycles. The van der Waals surface area contributed by atoms with Crippen molar-refractivity contribution >= 4 is 23.4 Å². The van der Waals surface area contributed by atoms with Crippen LogP contribution in [0.4, 0.5) is 5.69 Å². The van der Waals surface area contributed by atoms with Gasteiger partial charge in [-0.15, -0.1) is 0 Å². The van der Waals surface area contributed by atoms with Gasteiger partial charge in [0.2, 0.25) is 17.7 Å². The number of carbonyl (C=O) groups excluding carboxylic acids is 3. The fourth-order valence-corrected chi connectivity index (χ4v) is 2.31. The quantitative estimate of drug-likeness (QED) is 0.765. The molecule has 1 aromatic rings. The van der Waals surface area contributed by atoms with Gasteiger partial charge in [0, 0.05) is 38.7 Å². The van der Waals surface area contributed by atoms with Gasteiger partial charge in [-0.1, -0.05) is 18.2 Å². The molecule has 1 heterocycles. The highest BCUT2D eigenvalue weighted by Gasteiger charge is 2.34. The molecule has 0 aliphatic carbocycles. The molecule has 0 aromatic heterocycles. The first kappa shape index (κ1) is 15.0. The van der Waals surface area contributed by atoms with Crippen LogP contribution in [-0.4, -0.2) is 37.4 Å². The van der Waals surface area contributed by atoms with Crippen molar-refractivity contribution in [3.05, 3.63) is 30.3 Å². The lowest BCUT2D eigenvalue weighted by Crippen LogP contribution is -2.37. The van der Waals surface area contributed by atoms with Gasteiger partial charge < -0.3 is 15.5 Å². The van der Waals surface area contributed by atoms with Crippen LogP contribution < -0.4 is 15.5 Å². The van der Waals surface area contributed by atoms with Crippen molar-refractivity contribution in [2.75, 3.05) is 24.5 Å². The molecule has 0 radical (unpaired) electrons. The summed E-state index contributed by atoms with van der Waals surface area (Å²) in [5.74, 6) is -0.652. The maximum Gasteiger partial charge on any atom is 0.227 e. The molecule has 2 rings (SSSR count). The average Bonchev–Trinajstić information content (AvgIpc) is 2.86.